The first kappa shape index (κ1) is 28.4. The van der Waals surface area contributed by atoms with Crippen LogP contribution in [0.5, 0.6) is 0 Å². The number of hydrogen-bond acceptors (Lipinski definition) is 6. The Morgan fingerprint density at radius 2 is 2.00 bits per heavy atom. The molecule has 3 rings (SSSR count). The van der Waals surface area contributed by atoms with Gasteiger partial charge in [0.2, 0.25) is 11.8 Å². The van der Waals surface area contributed by atoms with Crippen molar-refractivity contribution in [2.45, 2.75) is 83.0 Å². The van der Waals surface area contributed by atoms with Crippen molar-refractivity contribution in [2.24, 2.45) is 17.8 Å². The molecule has 6 atom stereocenters. The number of carbonyl (C=O) groups is 3. The van der Waals surface area contributed by atoms with Crippen LogP contribution in [0.25, 0.3) is 0 Å². The van der Waals surface area contributed by atoms with Crippen molar-refractivity contribution in [3.63, 3.8) is 0 Å². The smallest absolute Gasteiger partial charge is 0.312 e. The molecule has 0 radical (unpaired) electrons. The minimum Gasteiger partial charge on any atom is -0.465 e. The van der Waals surface area contributed by atoms with E-state index in [1.54, 1.807) is 22.0 Å². The van der Waals surface area contributed by atoms with Gasteiger partial charge < -0.3 is 24.4 Å². The Morgan fingerprint density at radius 1 is 1.25 bits per heavy atom. The number of esters is 1. The standard InChI is InChI=1S/C28H44N2O6/c1-6-9-15-29(14-8-3)25(33)23-28-19-20(4)27(5,36-28)22(26(34)35-18-10-7-2)21(28)24(32)30(23)16-12-11-13-17-31/h7-8,20-23,31H,2-3,6,9-19H2,1,4-5H3/t20?,21-,22+,23?,27-,28?/m0/s1. The molecular formula is C28H44N2O6. The largest absolute Gasteiger partial charge is 0.465 e. The molecule has 0 saturated carbocycles. The summed E-state index contributed by atoms with van der Waals surface area (Å²) < 4.78 is 12.3. The second-order valence-electron chi connectivity index (χ2n) is 10.7. The van der Waals surface area contributed by atoms with Gasteiger partial charge in [-0.15, -0.1) is 13.2 Å². The average Bonchev–Trinajstić information content (AvgIpc) is 3.36. The Balaban J connectivity index is 2.00. The minimum atomic E-state index is -1.06. The molecule has 1 spiro atoms. The molecule has 2 amide bonds. The Kier molecular flexibility index (Phi) is 9.39. The lowest BCUT2D eigenvalue weighted by atomic mass is 9.62. The molecule has 8 nitrogen and oxygen atoms in total. The topological polar surface area (TPSA) is 96.4 Å². The second kappa shape index (κ2) is 11.9. The molecule has 3 unspecified atom stereocenters. The Morgan fingerprint density at radius 3 is 2.64 bits per heavy atom. The summed E-state index contributed by atoms with van der Waals surface area (Å²) in [6, 6.07) is -0.795. The highest BCUT2D eigenvalue weighted by Crippen LogP contribution is 2.65. The van der Waals surface area contributed by atoms with Crippen LogP contribution in [0.4, 0.5) is 0 Å². The highest BCUT2D eigenvalue weighted by molar-refractivity contribution is 5.98. The molecule has 0 aromatic carbocycles. The Labute approximate surface area is 215 Å². The van der Waals surface area contributed by atoms with Crippen LogP contribution in [-0.2, 0) is 23.9 Å². The third-order valence-corrected chi connectivity index (χ3v) is 8.37. The van der Waals surface area contributed by atoms with Gasteiger partial charge in [-0.05, 0) is 51.4 Å². The van der Waals surface area contributed by atoms with Gasteiger partial charge >= 0.3 is 5.97 Å². The van der Waals surface area contributed by atoms with Crippen molar-refractivity contribution in [3.8, 4) is 0 Å². The van der Waals surface area contributed by atoms with Gasteiger partial charge in [-0.1, -0.05) is 32.4 Å². The zero-order valence-electron chi connectivity index (χ0n) is 22.2. The fourth-order valence-corrected chi connectivity index (χ4v) is 6.49. The van der Waals surface area contributed by atoms with Gasteiger partial charge in [0.15, 0.2) is 0 Å². The molecule has 36 heavy (non-hydrogen) atoms. The van der Waals surface area contributed by atoms with Crippen LogP contribution in [-0.4, -0.2) is 82.8 Å². The van der Waals surface area contributed by atoms with E-state index in [0.717, 1.165) is 19.3 Å². The maximum Gasteiger partial charge on any atom is 0.312 e. The van der Waals surface area contributed by atoms with Crippen molar-refractivity contribution in [1.82, 2.24) is 9.80 Å². The summed E-state index contributed by atoms with van der Waals surface area (Å²) in [6.07, 6.45) is 8.29. The quantitative estimate of drug-likeness (QED) is 0.209. The van der Waals surface area contributed by atoms with Gasteiger partial charge in [-0.3, -0.25) is 14.4 Å². The number of aliphatic hydroxyl groups excluding tert-OH is 1. The third kappa shape index (κ3) is 4.86. The predicted molar refractivity (Wildman–Crippen MR) is 137 cm³/mol. The van der Waals surface area contributed by atoms with E-state index in [-0.39, 0.29) is 30.9 Å². The van der Waals surface area contributed by atoms with Crippen LogP contribution in [0.1, 0.15) is 65.7 Å². The summed E-state index contributed by atoms with van der Waals surface area (Å²) in [5.74, 6) is -2.32. The summed E-state index contributed by atoms with van der Waals surface area (Å²) in [5, 5.41) is 9.19. The maximum absolute atomic E-state index is 14.1. The van der Waals surface area contributed by atoms with Gasteiger partial charge in [0, 0.05) is 26.2 Å². The highest BCUT2D eigenvalue weighted by atomic mass is 16.6. The van der Waals surface area contributed by atoms with E-state index in [2.05, 4.69) is 20.1 Å². The Bertz CT molecular complexity index is 846. The van der Waals surface area contributed by atoms with Gasteiger partial charge in [-0.25, -0.2) is 0 Å². The summed E-state index contributed by atoms with van der Waals surface area (Å²) >= 11 is 0. The summed E-state index contributed by atoms with van der Waals surface area (Å²) in [7, 11) is 0. The zero-order valence-corrected chi connectivity index (χ0v) is 22.2. The van der Waals surface area contributed by atoms with Crippen molar-refractivity contribution in [3.05, 3.63) is 25.3 Å². The molecule has 3 heterocycles. The minimum absolute atomic E-state index is 0.0216. The maximum atomic E-state index is 14.1. The van der Waals surface area contributed by atoms with Crippen molar-refractivity contribution in [2.75, 3.05) is 32.8 Å². The molecule has 1 N–H and O–H groups in total. The number of unbranched alkanes of at least 4 members (excludes halogenated alkanes) is 3. The molecule has 8 heteroatoms. The molecule has 202 valence electrons. The summed E-state index contributed by atoms with van der Waals surface area (Å²) in [6.45, 7) is 15.1. The number of carbonyl (C=O) groups excluding carboxylic acids is 3. The first-order chi connectivity index (χ1) is 17.2. The molecule has 0 aromatic rings. The molecule has 3 aliphatic heterocycles. The van der Waals surface area contributed by atoms with E-state index in [0.29, 0.717) is 45.3 Å². The van der Waals surface area contributed by atoms with E-state index in [1.807, 2.05) is 13.8 Å². The molecule has 3 saturated heterocycles. The lowest BCUT2D eigenvalue weighted by Gasteiger charge is -2.37. The van der Waals surface area contributed by atoms with Gasteiger partial charge in [0.25, 0.3) is 0 Å². The van der Waals surface area contributed by atoms with Crippen LogP contribution < -0.4 is 0 Å². The number of amides is 2. The van der Waals surface area contributed by atoms with E-state index in [4.69, 9.17) is 9.47 Å². The average molecular weight is 505 g/mol. The van der Waals surface area contributed by atoms with Gasteiger partial charge in [0.1, 0.15) is 17.6 Å². The van der Waals surface area contributed by atoms with Crippen LogP contribution in [0.2, 0.25) is 0 Å². The van der Waals surface area contributed by atoms with E-state index in [1.165, 1.54) is 0 Å². The number of likely N-dealkylation sites (tertiary alicyclic amines) is 1. The highest BCUT2D eigenvalue weighted by Gasteiger charge is 2.80. The van der Waals surface area contributed by atoms with Crippen molar-refractivity contribution in [1.29, 1.82) is 0 Å². The van der Waals surface area contributed by atoms with Gasteiger partial charge in [-0.2, -0.15) is 0 Å². The van der Waals surface area contributed by atoms with Crippen LogP contribution >= 0.6 is 0 Å². The number of aliphatic hydroxyl groups is 1. The Hall–Kier alpha value is -2.19. The fourth-order valence-electron chi connectivity index (χ4n) is 6.49. The number of nitrogens with zero attached hydrogens (tertiary/aromatic N) is 2. The van der Waals surface area contributed by atoms with E-state index in [9.17, 15) is 19.5 Å². The van der Waals surface area contributed by atoms with Crippen LogP contribution in [0.15, 0.2) is 25.3 Å². The number of hydrogen-bond donors (Lipinski definition) is 1. The lowest BCUT2D eigenvalue weighted by molar-refractivity contribution is -0.162. The normalized spacial score (nSPS) is 32.4. The third-order valence-electron chi connectivity index (χ3n) is 8.37. The van der Waals surface area contributed by atoms with Crippen molar-refractivity contribution < 1.29 is 29.0 Å². The molecule has 0 aliphatic carbocycles. The fraction of sp³-hybridized carbons (Fsp3) is 0.750. The zero-order chi connectivity index (χ0) is 26.5. The molecule has 2 bridgehead atoms. The first-order valence-electron chi connectivity index (χ1n) is 13.5. The number of fused-ring (bicyclic) bond motifs is 1. The summed E-state index contributed by atoms with van der Waals surface area (Å²) in [5.41, 5.74) is -1.94. The predicted octanol–water partition coefficient (Wildman–Crippen LogP) is 3.09. The van der Waals surface area contributed by atoms with Gasteiger partial charge in [0.05, 0.1) is 18.1 Å². The number of ether oxygens (including phenoxy) is 2. The van der Waals surface area contributed by atoms with Crippen LogP contribution in [0, 0.1) is 17.8 Å². The monoisotopic (exact) mass is 504 g/mol. The molecule has 0 aromatic heterocycles. The SMILES string of the molecule is C=CCCOC(=O)[C@H]1[C@H]2C(=O)N(CCCCCO)C(C(=O)N(CC=C)CCCC)C23CC(C)[C@]1(C)O3. The van der Waals surface area contributed by atoms with Crippen LogP contribution in [0.3, 0.4) is 0 Å². The molecular weight excluding hydrogens is 460 g/mol. The second-order valence-corrected chi connectivity index (χ2v) is 10.7. The molecule has 3 fully saturated rings. The van der Waals surface area contributed by atoms with E-state index < -0.39 is 35.0 Å². The first-order valence-corrected chi connectivity index (χ1v) is 13.5. The molecule has 3 aliphatic rings. The lowest BCUT2D eigenvalue weighted by Crippen LogP contribution is -2.56. The summed E-state index contributed by atoms with van der Waals surface area (Å²) in [4.78, 5) is 45.0. The number of rotatable bonds is 15. The van der Waals surface area contributed by atoms with E-state index >= 15 is 0 Å². The van der Waals surface area contributed by atoms with Crippen molar-refractivity contribution >= 4 is 17.8 Å².